The van der Waals surface area contributed by atoms with Crippen LogP contribution in [0.5, 0.6) is 0 Å². The quantitative estimate of drug-likeness (QED) is 0.745. The topological polar surface area (TPSA) is 35.8 Å². The van der Waals surface area contributed by atoms with Crippen molar-refractivity contribution >= 4 is 0 Å². The van der Waals surface area contributed by atoms with Crippen LogP contribution in [0.3, 0.4) is 0 Å². The summed E-state index contributed by atoms with van der Waals surface area (Å²) in [5.74, 6) is 0. The summed E-state index contributed by atoms with van der Waals surface area (Å²) >= 11 is 0. The molecule has 1 aromatic rings. The maximum absolute atomic E-state index is 8.40. The summed E-state index contributed by atoms with van der Waals surface area (Å²) in [6.45, 7) is 5.15. The van der Waals surface area contributed by atoms with Gasteiger partial charge in [0.25, 0.3) is 0 Å². The minimum absolute atomic E-state index is 0.365. The highest BCUT2D eigenvalue weighted by Crippen LogP contribution is 2.12. The molecule has 0 saturated heterocycles. The molecular weight excluding hydrogens is 184 g/mol. The second kappa shape index (κ2) is 6.21. The first kappa shape index (κ1) is 11.7. The highest BCUT2D eigenvalue weighted by molar-refractivity contribution is 5.23. The van der Waals surface area contributed by atoms with Crippen molar-refractivity contribution < 1.29 is 0 Å². The van der Waals surface area contributed by atoms with Crippen molar-refractivity contribution in [3.05, 3.63) is 35.4 Å². The molecule has 80 valence electrons. The number of rotatable bonds is 5. The van der Waals surface area contributed by atoms with Crippen LogP contribution in [0.4, 0.5) is 0 Å². The second-order valence-electron chi connectivity index (χ2n) is 3.85. The third-order valence-electron chi connectivity index (χ3n) is 2.49. The van der Waals surface area contributed by atoms with E-state index in [2.05, 4.69) is 49.5 Å². The lowest BCUT2D eigenvalue weighted by molar-refractivity contribution is 0.562. The van der Waals surface area contributed by atoms with E-state index in [1.54, 1.807) is 0 Å². The monoisotopic (exact) mass is 202 g/mol. The average Bonchev–Trinajstić information content (AvgIpc) is 2.25. The molecule has 15 heavy (non-hydrogen) atoms. The first-order chi connectivity index (χ1) is 7.24. The molecule has 0 heterocycles. The van der Waals surface area contributed by atoms with Crippen molar-refractivity contribution in [2.75, 3.05) is 6.54 Å². The molecule has 0 radical (unpaired) electrons. The van der Waals surface area contributed by atoms with Gasteiger partial charge in [-0.25, -0.2) is 0 Å². The Bertz CT molecular complexity index is 321. The van der Waals surface area contributed by atoms with Crippen LogP contribution in [-0.4, -0.2) is 6.54 Å². The molecule has 0 aliphatic carbocycles. The van der Waals surface area contributed by atoms with Gasteiger partial charge in [0.1, 0.15) is 0 Å². The van der Waals surface area contributed by atoms with E-state index in [0.717, 1.165) is 13.0 Å². The SMILES string of the molecule is Cc1ccc([C@H](C)NCCCC#N)cc1. The molecule has 0 amide bonds. The van der Waals surface area contributed by atoms with Gasteiger partial charge in [-0.3, -0.25) is 0 Å². The lowest BCUT2D eigenvalue weighted by Gasteiger charge is -2.13. The van der Waals surface area contributed by atoms with E-state index >= 15 is 0 Å². The summed E-state index contributed by atoms with van der Waals surface area (Å²) in [7, 11) is 0. The van der Waals surface area contributed by atoms with Gasteiger partial charge in [0.15, 0.2) is 0 Å². The Kier molecular flexibility index (Phi) is 4.86. The molecule has 0 aromatic heterocycles. The molecule has 0 saturated carbocycles. The maximum atomic E-state index is 8.40. The van der Waals surface area contributed by atoms with Crippen LogP contribution in [-0.2, 0) is 0 Å². The van der Waals surface area contributed by atoms with Crippen LogP contribution in [0.2, 0.25) is 0 Å². The Morgan fingerprint density at radius 2 is 2.00 bits per heavy atom. The summed E-state index contributed by atoms with van der Waals surface area (Å²) in [5.41, 5.74) is 2.59. The summed E-state index contributed by atoms with van der Waals surface area (Å²) in [6, 6.07) is 11.1. The van der Waals surface area contributed by atoms with Gasteiger partial charge in [-0.15, -0.1) is 0 Å². The summed E-state index contributed by atoms with van der Waals surface area (Å²) in [4.78, 5) is 0. The van der Waals surface area contributed by atoms with Crippen molar-refractivity contribution in [3.63, 3.8) is 0 Å². The van der Waals surface area contributed by atoms with Crippen molar-refractivity contribution in [1.82, 2.24) is 5.32 Å². The molecule has 0 fully saturated rings. The molecular formula is C13H18N2. The van der Waals surface area contributed by atoms with E-state index in [9.17, 15) is 0 Å². The Morgan fingerprint density at radius 3 is 2.60 bits per heavy atom. The van der Waals surface area contributed by atoms with Crippen LogP contribution in [0, 0.1) is 18.3 Å². The fourth-order valence-corrected chi connectivity index (χ4v) is 1.46. The number of hydrogen-bond acceptors (Lipinski definition) is 2. The Morgan fingerprint density at radius 1 is 1.33 bits per heavy atom. The van der Waals surface area contributed by atoms with Crippen molar-refractivity contribution in [1.29, 1.82) is 5.26 Å². The molecule has 1 atom stereocenters. The van der Waals surface area contributed by atoms with Crippen LogP contribution < -0.4 is 5.32 Å². The summed E-state index contributed by atoms with van der Waals surface area (Å²) in [6.07, 6.45) is 1.56. The van der Waals surface area contributed by atoms with Crippen molar-refractivity contribution in [2.45, 2.75) is 32.7 Å². The standard InChI is InChI=1S/C13H18N2/c1-11-5-7-13(8-6-11)12(2)15-10-4-3-9-14/h5-8,12,15H,3-4,10H2,1-2H3/t12-/m0/s1. The van der Waals surface area contributed by atoms with Crippen LogP contribution >= 0.6 is 0 Å². The lowest BCUT2D eigenvalue weighted by atomic mass is 10.1. The maximum Gasteiger partial charge on any atom is 0.0622 e. The van der Waals surface area contributed by atoms with Gasteiger partial charge in [0.2, 0.25) is 0 Å². The van der Waals surface area contributed by atoms with Gasteiger partial charge in [0.05, 0.1) is 6.07 Å². The molecule has 1 rings (SSSR count). The van der Waals surface area contributed by atoms with E-state index < -0.39 is 0 Å². The molecule has 2 heteroatoms. The smallest absolute Gasteiger partial charge is 0.0622 e. The molecule has 2 nitrogen and oxygen atoms in total. The highest BCUT2D eigenvalue weighted by Gasteiger charge is 2.02. The number of nitriles is 1. The molecule has 0 unspecified atom stereocenters. The zero-order valence-electron chi connectivity index (χ0n) is 9.46. The van der Waals surface area contributed by atoms with Crippen LogP contribution in [0.1, 0.15) is 36.9 Å². The Labute approximate surface area is 91.9 Å². The summed E-state index contributed by atoms with van der Waals surface area (Å²) < 4.78 is 0. The third-order valence-corrected chi connectivity index (χ3v) is 2.49. The minimum Gasteiger partial charge on any atom is -0.310 e. The number of hydrogen-bond donors (Lipinski definition) is 1. The predicted molar refractivity (Wildman–Crippen MR) is 62.4 cm³/mol. The Balaban J connectivity index is 2.37. The largest absolute Gasteiger partial charge is 0.310 e. The lowest BCUT2D eigenvalue weighted by Crippen LogP contribution is -2.19. The third kappa shape index (κ3) is 4.14. The van der Waals surface area contributed by atoms with Gasteiger partial charge in [-0.2, -0.15) is 5.26 Å². The van der Waals surface area contributed by atoms with Gasteiger partial charge in [-0.1, -0.05) is 29.8 Å². The molecule has 0 spiro atoms. The van der Waals surface area contributed by atoms with E-state index in [1.807, 2.05) is 0 Å². The normalized spacial score (nSPS) is 12.1. The van der Waals surface area contributed by atoms with Gasteiger partial charge < -0.3 is 5.32 Å². The fraction of sp³-hybridized carbons (Fsp3) is 0.462. The molecule has 0 bridgehead atoms. The fourth-order valence-electron chi connectivity index (χ4n) is 1.46. The molecule has 0 aliphatic heterocycles. The molecule has 0 aliphatic rings. The summed E-state index contributed by atoms with van der Waals surface area (Å²) in [5, 5.41) is 11.8. The van der Waals surface area contributed by atoms with Gasteiger partial charge in [0, 0.05) is 12.5 Å². The predicted octanol–water partition coefficient (Wildman–Crippen LogP) is 2.95. The number of unbranched alkanes of at least 4 members (excludes halogenated alkanes) is 1. The van der Waals surface area contributed by atoms with Crippen molar-refractivity contribution in [3.8, 4) is 6.07 Å². The molecule has 1 N–H and O–H groups in total. The number of nitrogens with zero attached hydrogens (tertiary/aromatic N) is 1. The number of aryl methyl sites for hydroxylation is 1. The van der Waals surface area contributed by atoms with E-state index in [4.69, 9.17) is 5.26 Å². The van der Waals surface area contributed by atoms with Gasteiger partial charge in [-0.05, 0) is 32.4 Å². The first-order valence-corrected chi connectivity index (χ1v) is 5.41. The van der Waals surface area contributed by atoms with E-state index in [0.29, 0.717) is 12.5 Å². The van der Waals surface area contributed by atoms with Crippen LogP contribution in [0.15, 0.2) is 24.3 Å². The Hall–Kier alpha value is -1.33. The number of nitrogens with one attached hydrogen (secondary N) is 1. The van der Waals surface area contributed by atoms with E-state index in [1.165, 1.54) is 11.1 Å². The number of benzene rings is 1. The van der Waals surface area contributed by atoms with Gasteiger partial charge >= 0.3 is 0 Å². The minimum atomic E-state index is 0.365. The highest BCUT2D eigenvalue weighted by atomic mass is 14.9. The zero-order chi connectivity index (χ0) is 11.1. The second-order valence-corrected chi connectivity index (χ2v) is 3.85. The van der Waals surface area contributed by atoms with E-state index in [-0.39, 0.29) is 0 Å². The zero-order valence-corrected chi connectivity index (χ0v) is 9.46. The van der Waals surface area contributed by atoms with Crippen LogP contribution in [0.25, 0.3) is 0 Å². The van der Waals surface area contributed by atoms with Crippen molar-refractivity contribution in [2.24, 2.45) is 0 Å². The molecule has 1 aromatic carbocycles. The first-order valence-electron chi connectivity index (χ1n) is 5.41. The average molecular weight is 202 g/mol.